The number of carbonyl (C=O) groups excluding carboxylic acids is 1. The van der Waals surface area contributed by atoms with Crippen molar-refractivity contribution in [1.82, 2.24) is 15.3 Å². The number of rotatable bonds is 3. The molecule has 0 aromatic carbocycles. The fourth-order valence-corrected chi connectivity index (χ4v) is 3.95. The van der Waals surface area contributed by atoms with Crippen LogP contribution in [0.1, 0.15) is 33.2 Å². The zero-order chi connectivity index (χ0) is 15.0. The van der Waals surface area contributed by atoms with Crippen LogP contribution in [0.3, 0.4) is 0 Å². The van der Waals surface area contributed by atoms with Gasteiger partial charge in [-0.15, -0.1) is 11.3 Å². The van der Waals surface area contributed by atoms with E-state index < -0.39 is 0 Å². The van der Waals surface area contributed by atoms with Crippen LogP contribution in [0.25, 0.3) is 10.2 Å². The average Bonchev–Trinajstić information content (AvgIpc) is 3.04. The Morgan fingerprint density at radius 1 is 1.38 bits per heavy atom. The Balaban J connectivity index is 1.84. The van der Waals surface area contributed by atoms with Crippen LogP contribution in [0.15, 0.2) is 0 Å². The van der Waals surface area contributed by atoms with E-state index >= 15 is 0 Å². The molecule has 6 heteroatoms. The molecular formula is C15H19N3O2S. The molecule has 112 valence electrons. The molecular weight excluding hydrogens is 286 g/mol. The van der Waals surface area contributed by atoms with Crippen molar-refractivity contribution in [2.75, 3.05) is 19.8 Å². The molecule has 2 aromatic heterocycles. The molecule has 1 atom stereocenters. The minimum Gasteiger partial charge on any atom is -0.381 e. The maximum atomic E-state index is 12.4. The normalized spacial score (nSPS) is 18.3. The first-order valence-corrected chi connectivity index (χ1v) is 7.98. The summed E-state index contributed by atoms with van der Waals surface area (Å²) >= 11 is 1.45. The summed E-state index contributed by atoms with van der Waals surface area (Å²) in [7, 11) is 0. The largest absolute Gasteiger partial charge is 0.381 e. The molecule has 21 heavy (non-hydrogen) atoms. The number of nitrogens with one attached hydrogen (secondary N) is 1. The predicted molar refractivity (Wildman–Crippen MR) is 82.9 cm³/mol. The van der Waals surface area contributed by atoms with Crippen LogP contribution >= 0.6 is 11.3 Å². The third-order valence-electron chi connectivity index (χ3n) is 3.86. The fraction of sp³-hybridized carbons (Fsp3) is 0.533. The lowest BCUT2D eigenvalue weighted by molar-refractivity contribution is 0.0948. The number of hydrogen-bond acceptors (Lipinski definition) is 5. The van der Waals surface area contributed by atoms with Gasteiger partial charge in [-0.1, -0.05) is 0 Å². The Bertz CT molecular complexity index is 690. The number of thiophene rings is 1. The molecule has 3 heterocycles. The summed E-state index contributed by atoms with van der Waals surface area (Å²) in [5, 5.41) is 4.03. The Labute approximate surface area is 127 Å². The number of hydrogen-bond donors (Lipinski definition) is 1. The van der Waals surface area contributed by atoms with Crippen molar-refractivity contribution >= 4 is 27.5 Å². The molecule has 3 rings (SSSR count). The van der Waals surface area contributed by atoms with E-state index in [2.05, 4.69) is 15.3 Å². The number of carbonyl (C=O) groups is 1. The molecule has 1 N–H and O–H groups in total. The molecule has 0 radical (unpaired) electrons. The maximum Gasteiger partial charge on any atom is 0.261 e. The third-order valence-corrected chi connectivity index (χ3v) is 5.05. The van der Waals surface area contributed by atoms with Crippen molar-refractivity contribution < 1.29 is 9.53 Å². The van der Waals surface area contributed by atoms with E-state index in [1.807, 2.05) is 20.8 Å². The lowest BCUT2D eigenvalue weighted by atomic mass is 10.1. The Kier molecular flexibility index (Phi) is 3.91. The molecule has 0 aliphatic carbocycles. The summed E-state index contributed by atoms with van der Waals surface area (Å²) in [6.45, 7) is 8.04. The van der Waals surface area contributed by atoms with Crippen LogP contribution in [0.5, 0.6) is 0 Å². The molecule has 0 unspecified atom stereocenters. The van der Waals surface area contributed by atoms with E-state index in [9.17, 15) is 4.79 Å². The van der Waals surface area contributed by atoms with Gasteiger partial charge in [-0.05, 0) is 32.8 Å². The number of nitrogens with zero attached hydrogens (tertiary/aromatic N) is 2. The second-order valence-electron chi connectivity index (χ2n) is 5.53. The second-order valence-corrected chi connectivity index (χ2v) is 6.53. The highest BCUT2D eigenvalue weighted by molar-refractivity contribution is 7.20. The first kappa shape index (κ1) is 14.4. The maximum absolute atomic E-state index is 12.4. The minimum absolute atomic E-state index is 0.0144. The molecule has 1 amide bonds. The summed E-state index contributed by atoms with van der Waals surface area (Å²) in [5.74, 6) is 1.17. The summed E-state index contributed by atoms with van der Waals surface area (Å²) in [5.41, 5.74) is 1.92. The van der Waals surface area contributed by atoms with Crippen molar-refractivity contribution in [3.63, 3.8) is 0 Å². The molecule has 1 saturated heterocycles. The molecule has 0 bridgehead atoms. The van der Waals surface area contributed by atoms with Crippen LogP contribution in [0.4, 0.5) is 0 Å². The number of amides is 1. The van der Waals surface area contributed by atoms with E-state index in [1.165, 1.54) is 11.3 Å². The van der Waals surface area contributed by atoms with Gasteiger partial charge in [-0.2, -0.15) is 0 Å². The van der Waals surface area contributed by atoms with Gasteiger partial charge < -0.3 is 10.1 Å². The smallest absolute Gasteiger partial charge is 0.261 e. The van der Waals surface area contributed by atoms with E-state index in [0.29, 0.717) is 12.5 Å². The quantitative estimate of drug-likeness (QED) is 0.945. The second kappa shape index (κ2) is 5.69. The summed E-state index contributed by atoms with van der Waals surface area (Å²) in [4.78, 5) is 22.9. The van der Waals surface area contributed by atoms with Crippen molar-refractivity contribution in [3.8, 4) is 0 Å². The highest BCUT2D eigenvalue weighted by atomic mass is 32.1. The SMILES string of the molecule is Cc1nc(C)c2c(C)c(C(=O)NC[C@@H]3CCOC3)sc2n1. The number of aryl methyl sites for hydroxylation is 3. The van der Waals surface area contributed by atoms with Crippen molar-refractivity contribution in [2.45, 2.75) is 27.2 Å². The van der Waals surface area contributed by atoms with Gasteiger partial charge in [-0.3, -0.25) is 4.79 Å². The predicted octanol–water partition coefficient (Wildman–Crippen LogP) is 2.38. The van der Waals surface area contributed by atoms with E-state index in [0.717, 1.165) is 51.8 Å². The lowest BCUT2D eigenvalue weighted by Crippen LogP contribution is -2.29. The van der Waals surface area contributed by atoms with Gasteiger partial charge in [0, 0.05) is 30.1 Å². The van der Waals surface area contributed by atoms with Gasteiger partial charge in [0.1, 0.15) is 10.7 Å². The van der Waals surface area contributed by atoms with Crippen molar-refractivity contribution in [2.24, 2.45) is 5.92 Å². The number of aromatic nitrogens is 2. The van der Waals surface area contributed by atoms with Gasteiger partial charge in [-0.25, -0.2) is 9.97 Å². The minimum atomic E-state index is -0.0144. The molecule has 1 fully saturated rings. The van der Waals surface area contributed by atoms with Crippen LogP contribution < -0.4 is 5.32 Å². The number of ether oxygens (including phenoxy) is 1. The van der Waals surface area contributed by atoms with E-state index in [4.69, 9.17) is 4.74 Å². The number of fused-ring (bicyclic) bond motifs is 1. The highest BCUT2D eigenvalue weighted by Gasteiger charge is 2.21. The van der Waals surface area contributed by atoms with Crippen LogP contribution in [0, 0.1) is 26.7 Å². The van der Waals surface area contributed by atoms with Gasteiger partial charge >= 0.3 is 0 Å². The Hall–Kier alpha value is -1.53. The van der Waals surface area contributed by atoms with Crippen LogP contribution in [-0.2, 0) is 4.74 Å². The molecule has 2 aromatic rings. The first-order valence-electron chi connectivity index (χ1n) is 7.16. The standard InChI is InChI=1S/C15H19N3O2S/c1-8-12-9(2)17-10(3)18-15(12)21-13(8)14(19)16-6-11-4-5-20-7-11/h11H,4-7H2,1-3H3,(H,16,19)/t11-/m0/s1. The monoisotopic (exact) mass is 305 g/mol. The zero-order valence-corrected chi connectivity index (χ0v) is 13.3. The molecule has 1 aliphatic rings. The molecule has 0 spiro atoms. The average molecular weight is 305 g/mol. The van der Waals surface area contributed by atoms with Gasteiger partial charge in [0.25, 0.3) is 5.91 Å². The Morgan fingerprint density at radius 2 is 2.19 bits per heavy atom. The van der Waals surface area contributed by atoms with Gasteiger partial charge in [0.05, 0.1) is 11.5 Å². The van der Waals surface area contributed by atoms with E-state index in [1.54, 1.807) is 0 Å². The molecule has 5 nitrogen and oxygen atoms in total. The van der Waals surface area contributed by atoms with Crippen molar-refractivity contribution in [1.29, 1.82) is 0 Å². The molecule has 0 saturated carbocycles. The van der Waals surface area contributed by atoms with E-state index in [-0.39, 0.29) is 5.91 Å². The first-order chi connectivity index (χ1) is 10.1. The molecule has 1 aliphatic heterocycles. The highest BCUT2D eigenvalue weighted by Crippen LogP contribution is 2.31. The van der Waals surface area contributed by atoms with Crippen LogP contribution in [-0.4, -0.2) is 35.6 Å². The Morgan fingerprint density at radius 3 is 2.90 bits per heavy atom. The lowest BCUT2D eigenvalue weighted by Gasteiger charge is -2.08. The van der Waals surface area contributed by atoms with Gasteiger partial charge in [0.15, 0.2) is 0 Å². The van der Waals surface area contributed by atoms with Crippen molar-refractivity contribution in [3.05, 3.63) is 22.0 Å². The summed E-state index contributed by atoms with van der Waals surface area (Å²) < 4.78 is 5.33. The fourth-order valence-electron chi connectivity index (χ4n) is 2.75. The topological polar surface area (TPSA) is 64.1 Å². The van der Waals surface area contributed by atoms with Gasteiger partial charge in [0.2, 0.25) is 0 Å². The zero-order valence-electron chi connectivity index (χ0n) is 12.5. The third kappa shape index (κ3) is 2.78. The summed E-state index contributed by atoms with van der Waals surface area (Å²) in [6, 6.07) is 0. The summed E-state index contributed by atoms with van der Waals surface area (Å²) in [6.07, 6.45) is 1.02. The van der Waals surface area contributed by atoms with Crippen LogP contribution in [0.2, 0.25) is 0 Å².